The maximum Gasteiger partial charge on any atom is 0.405 e. The number of hydrogen-bond donors (Lipinski definition) is 2. The first-order valence-corrected chi connectivity index (χ1v) is 5.35. The quantitative estimate of drug-likeness (QED) is 0.811. The molecule has 0 fully saturated rings. The van der Waals surface area contributed by atoms with E-state index in [0.717, 1.165) is 0 Å². The summed E-state index contributed by atoms with van der Waals surface area (Å²) in [6.45, 7) is 6.48. The molecule has 6 heteroatoms. The van der Waals surface area contributed by atoms with Crippen LogP contribution in [0, 0.1) is 10.8 Å². The number of aliphatic hydroxyl groups is 1. The van der Waals surface area contributed by atoms with Crippen LogP contribution in [0.25, 0.3) is 0 Å². The van der Waals surface area contributed by atoms with E-state index in [1.54, 1.807) is 6.92 Å². The summed E-state index contributed by atoms with van der Waals surface area (Å²) in [5, 5.41) is 11.1. The van der Waals surface area contributed by atoms with Crippen LogP contribution < -0.4 is 5.32 Å². The van der Waals surface area contributed by atoms with E-state index in [4.69, 9.17) is 5.11 Å². The Bertz CT molecular complexity index is 283. The molecule has 0 aliphatic heterocycles. The minimum Gasteiger partial charge on any atom is -0.395 e. The van der Waals surface area contributed by atoms with Gasteiger partial charge in [-0.2, -0.15) is 13.2 Å². The van der Waals surface area contributed by atoms with Gasteiger partial charge in [-0.25, -0.2) is 0 Å². The molecule has 0 spiro atoms. The third-order valence-electron chi connectivity index (χ3n) is 3.09. The van der Waals surface area contributed by atoms with Crippen LogP contribution in [0.5, 0.6) is 0 Å². The highest BCUT2D eigenvalue weighted by Crippen LogP contribution is 2.38. The molecule has 0 aliphatic rings. The van der Waals surface area contributed by atoms with E-state index in [1.807, 2.05) is 20.8 Å². The Morgan fingerprint density at radius 2 is 1.65 bits per heavy atom. The van der Waals surface area contributed by atoms with Gasteiger partial charge < -0.3 is 10.4 Å². The van der Waals surface area contributed by atoms with Crippen molar-refractivity contribution in [3.63, 3.8) is 0 Å². The van der Waals surface area contributed by atoms with Gasteiger partial charge in [0.15, 0.2) is 5.41 Å². The summed E-state index contributed by atoms with van der Waals surface area (Å²) in [5.41, 5.74) is -3.11. The molecular weight excluding hydrogens is 235 g/mol. The maximum absolute atomic E-state index is 12.7. The second-order valence-corrected chi connectivity index (χ2v) is 5.55. The van der Waals surface area contributed by atoms with Gasteiger partial charge in [-0.05, 0) is 19.3 Å². The van der Waals surface area contributed by atoms with Crippen LogP contribution in [0.3, 0.4) is 0 Å². The summed E-state index contributed by atoms with van der Waals surface area (Å²) in [5.74, 6) is -1.20. The predicted molar refractivity (Wildman–Crippen MR) is 58.3 cm³/mol. The molecule has 2 unspecified atom stereocenters. The van der Waals surface area contributed by atoms with Crippen molar-refractivity contribution in [1.82, 2.24) is 5.32 Å². The summed E-state index contributed by atoms with van der Waals surface area (Å²) >= 11 is 0. The highest BCUT2D eigenvalue weighted by Gasteiger charge is 2.56. The average Bonchev–Trinajstić information content (AvgIpc) is 2.12. The van der Waals surface area contributed by atoms with E-state index in [0.29, 0.717) is 6.92 Å². The number of carbonyl (C=O) groups excluding carboxylic acids is 1. The summed E-state index contributed by atoms with van der Waals surface area (Å²) in [4.78, 5) is 11.6. The van der Waals surface area contributed by atoms with E-state index in [-0.39, 0.29) is 5.41 Å². The fraction of sp³-hybridized carbons (Fsp3) is 0.909. The van der Waals surface area contributed by atoms with Crippen LogP contribution >= 0.6 is 0 Å². The highest BCUT2D eigenvalue weighted by molar-refractivity contribution is 5.83. The molecule has 0 radical (unpaired) electrons. The number of hydrogen-bond acceptors (Lipinski definition) is 2. The van der Waals surface area contributed by atoms with E-state index in [9.17, 15) is 18.0 Å². The fourth-order valence-electron chi connectivity index (χ4n) is 0.863. The number of aliphatic hydroxyl groups excluding tert-OH is 1. The largest absolute Gasteiger partial charge is 0.405 e. The maximum atomic E-state index is 12.7. The first-order valence-electron chi connectivity index (χ1n) is 5.35. The standard InChI is InChI=1S/C11H20F3NO2/c1-7(9(2,3)4)15-8(17)10(5,6-16)11(12,13)14/h7,16H,6H2,1-5H3,(H,15,17). The van der Waals surface area contributed by atoms with Crippen LogP contribution in [-0.2, 0) is 4.79 Å². The Kier molecular flexibility index (Phi) is 4.62. The van der Waals surface area contributed by atoms with Crippen molar-refractivity contribution < 1.29 is 23.1 Å². The van der Waals surface area contributed by atoms with Gasteiger partial charge in [0.05, 0.1) is 6.61 Å². The first-order chi connectivity index (χ1) is 7.36. The molecule has 0 rings (SSSR count). The van der Waals surface area contributed by atoms with Gasteiger partial charge in [0.2, 0.25) is 5.91 Å². The number of rotatable bonds is 3. The fourth-order valence-corrected chi connectivity index (χ4v) is 0.863. The van der Waals surface area contributed by atoms with Gasteiger partial charge in [-0.1, -0.05) is 20.8 Å². The molecule has 0 bridgehead atoms. The molecule has 17 heavy (non-hydrogen) atoms. The lowest BCUT2D eigenvalue weighted by Crippen LogP contribution is -2.55. The molecule has 0 saturated heterocycles. The number of carbonyl (C=O) groups is 1. The molecule has 0 heterocycles. The van der Waals surface area contributed by atoms with Crippen LogP contribution in [-0.4, -0.2) is 29.8 Å². The van der Waals surface area contributed by atoms with Gasteiger partial charge in [0.1, 0.15) is 0 Å². The molecule has 0 aliphatic carbocycles. The van der Waals surface area contributed by atoms with Crippen molar-refractivity contribution in [2.75, 3.05) is 6.61 Å². The molecule has 1 amide bonds. The lowest BCUT2D eigenvalue weighted by Gasteiger charge is -2.34. The van der Waals surface area contributed by atoms with Crippen molar-refractivity contribution in [2.45, 2.75) is 46.8 Å². The van der Waals surface area contributed by atoms with Gasteiger partial charge >= 0.3 is 6.18 Å². The van der Waals surface area contributed by atoms with Crippen molar-refractivity contribution in [1.29, 1.82) is 0 Å². The first kappa shape index (κ1) is 16.2. The third-order valence-corrected chi connectivity index (χ3v) is 3.09. The van der Waals surface area contributed by atoms with Gasteiger partial charge in [-0.15, -0.1) is 0 Å². The summed E-state index contributed by atoms with van der Waals surface area (Å²) in [7, 11) is 0. The Balaban J connectivity index is 4.93. The summed E-state index contributed by atoms with van der Waals surface area (Å²) < 4.78 is 38.0. The zero-order valence-electron chi connectivity index (χ0n) is 10.8. The molecule has 102 valence electrons. The van der Waals surface area contributed by atoms with Gasteiger partial charge in [0, 0.05) is 6.04 Å². The Labute approximate surface area is 99.4 Å². The zero-order valence-corrected chi connectivity index (χ0v) is 10.8. The molecule has 0 aromatic heterocycles. The Morgan fingerprint density at radius 3 is 1.88 bits per heavy atom. The Hall–Kier alpha value is -0.780. The zero-order chi connectivity index (χ0) is 14.1. The number of halogens is 3. The molecule has 3 nitrogen and oxygen atoms in total. The molecule has 0 aromatic carbocycles. The molecule has 0 aromatic rings. The van der Waals surface area contributed by atoms with Crippen molar-refractivity contribution in [2.24, 2.45) is 10.8 Å². The molecule has 2 atom stereocenters. The summed E-state index contributed by atoms with van der Waals surface area (Å²) in [6, 6.07) is -0.428. The molecule has 2 N–H and O–H groups in total. The molecule has 0 saturated carbocycles. The van der Waals surface area contributed by atoms with Crippen molar-refractivity contribution in [3.8, 4) is 0 Å². The van der Waals surface area contributed by atoms with E-state index in [1.165, 1.54) is 0 Å². The lowest BCUT2D eigenvalue weighted by atomic mass is 9.85. The van der Waals surface area contributed by atoms with Gasteiger partial charge in [0.25, 0.3) is 0 Å². The monoisotopic (exact) mass is 255 g/mol. The van der Waals surface area contributed by atoms with E-state index in [2.05, 4.69) is 5.32 Å². The molecular formula is C11H20F3NO2. The van der Waals surface area contributed by atoms with E-state index < -0.39 is 30.1 Å². The average molecular weight is 255 g/mol. The lowest BCUT2D eigenvalue weighted by molar-refractivity contribution is -0.226. The number of alkyl halides is 3. The van der Waals surface area contributed by atoms with Crippen molar-refractivity contribution in [3.05, 3.63) is 0 Å². The SMILES string of the molecule is CC(NC(=O)C(C)(CO)C(F)(F)F)C(C)(C)C. The number of amides is 1. The van der Waals surface area contributed by atoms with Crippen LogP contribution in [0.1, 0.15) is 34.6 Å². The Morgan fingerprint density at radius 1 is 1.24 bits per heavy atom. The number of nitrogens with one attached hydrogen (secondary N) is 1. The second-order valence-electron chi connectivity index (χ2n) is 5.55. The van der Waals surface area contributed by atoms with Crippen LogP contribution in [0.15, 0.2) is 0 Å². The summed E-state index contributed by atoms with van der Waals surface area (Å²) in [6.07, 6.45) is -4.77. The normalized spacial score (nSPS) is 18.4. The second kappa shape index (κ2) is 4.84. The smallest absolute Gasteiger partial charge is 0.395 e. The van der Waals surface area contributed by atoms with E-state index >= 15 is 0 Å². The van der Waals surface area contributed by atoms with Crippen LogP contribution in [0.4, 0.5) is 13.2 Å². The predicted octanol–water partition coefficient (Wildman–Crippen LogP) is 2.10. The van der Waals surface area contributed by atoms with Crippen molar-refractivity contribution >= 4 is 5.91 Å². The minimum atomic E-state index is -4.77. The van der Waals surface area contributed by atoms with Gasteiger partial charge in [-0.3, -0.25) is 4.79 Å². The minimum absolute atomic E-state index is 0.350. The van der Waals surface area contributed by atoms with Crippen LogP contribution in [0.2, 0.25) is 0 Å². The highest BCUT2D eigenvalue weighted by atomic mass is 19.4. The topological polar surface area (TPSA) is 49.3 Å². The third kappa shape index (κ3) is 3.59.